The van der Waals surface area contributed by atoms with Gasteiger partial charge in [0.15, 0.2) is 0 Å². The fourth-order valence-corrected chi connectivity index (χ4v) is 1.75. The monoisotopic (exact) mass is 258 g/mol. The van der Waals surface area contributed by atoms with Crippen LogP contribution in [0.4, 0.5) is 4.79 Å². The molecule has 0 unspecified atom stereocenters. The SMILES string of the molecule is CC(=O)N1CCOC[C@@H]1CNC(=O)OC(C)(C)C. The van der Waals surface area contributed by atoms with Crippen LogP contribution in [0.2, 0.25) is 0 Å². The minimum absolute atomic E-state index is 0.00529. The molecule has 2 amide bonds. The van der Waals surface area contributed by atoms with Crippen molar-refractivity contribution in [3.8, 4) is 0 Å². The van der Waals surface area contributed by atoms with Crippen molar-refractivity contribution in [1.29, 1.82) is 0 Å². The van der Waals surface area contributed by atoms with Gasteiger partial charge in [0.2, 0.25) is 5.91 Å². The standard InChI is InChI=1S/C12H22N2O4/c1-9(15)14-5-6-17-8-10(14)7-13-11(16)18-12(2,3)4/h10H,5-8H2,1-4H3,(H,13,16)/t10-/m0/s1. The zero-order valence-electron chi connectivity index (χ0n) is 11.5. The minimum Gasteiger partial charge on any atom is -0.444 e. The molecule has 0 spiro atoms. The third kappa shape index (κ3) is 4.91. The molecule has 0 bridgehead atoms. The Balaban J connectivity index is 2.41. The number of morpholine rings is 1. The highest BCUT2D eigenvalue weighted by molar-refractivity contribution is 5.74. The normalized spacial score (nSPS) is 20.4. The van der Waals surface area contributed by atoms with Gasteiger partial charge >= 0.3 is 6.09 Å². The van der Waals surface area contributed by atoms with E-state index >= 15 is 0 Å². The van der Waals surface area contributed by atoms with Crippen molar-refractivity contribution in [2.75, 3.05) is 26.3 Å². The maximum Gasteiger partial charge on any atom is 0.407 e. The van der Waals surface area contributed by atoms with E-state index in [9.17, 15) is 9.59 Å². The number of rotatable bonds is 2. The van der Waals surface area contributed by atoms with E-state index in [1.54, 1.807) is 25.7 Å². The van der Waals surface area contributed by atoms with E-state index in [-0.39, 0.29) is 11.9 Å². The summed E-state index contributed by atoms with van der Waals surface area (Å²) in [5.41, 5.74) is -0.520. The fourth-order valence-electron chi connectivity index (χ4n) is 1.75. The molecule has 0 aromatic rings. The summed E-state index contributed by atoms with van der Waals surface area (Å²) in [5.74, 6) is -0.00529. The molecule has 1 heterocycles. The molecular formula is C12H22N2O4. The molecule has 0 aromatic carbocycles. The smallest absolute Gasteiger partial charge is 0.407 e. The predicted molar refractivity (Wildman–Crippen MR) is 66.2 cm³/mol. The van der Waals surface area contributed by atoms with Gasteiger partial charge in [-0.15, -0.1) is 0 Å². The Morgan fingerprint density at radius 3 is 2.67 bits per heavy atom. The molecule has 0 aromatic heterocycles. The molecule has 1 aliphatic heterocycles. The number of hydrogen-bond acceptors (Lipinski definition) is 4. The average molecular weight is 258 g/mol. The molecule has 1 aliphatic rings. The Morgan fingerprint density at radius 2 is 2.11 bits per heavy atom. The predicted octanol–water partition coefficient (Wildman–Crippen LogP) is 0.758. The second-order valence-electron chi connectivity index (χ2n) is 5.32. The summed E-state index contributed by atoms with van der Waals surface area (Å²) in [4.78, 5) is 24.6. The molecule has 0 radical (unpaired) electrons. The lowest BCUT2D eigenvalue weighted by Gasteiger charge is -2.35. The number of hydrogen-bond donors (Lipinski definition) is 1. The molecular weight excluding hydrogens is 236 g/mol. The largest absolute Gasteiger partial charge is 0.444 e. The van der Waals surface area contributed by atoms with Crippen LogP contribution >= 0.6 is 0 Å². The summed E-state index contributed by atoms with van der Waals surface area (Å²) >= 11 is 0. The first-order valence-electron chi connectivity index (χ1n) is 6.11. The van der Waals surface area contributed by atoms with E-state index < -0.39 is 11.7 Å². The summed E-state index contributed by atoms with van der Waals surface area (Å²) in [6.07, 6.45) is -0.475. The van der Waals surface area contributed by atoms with Crippen LogP contribution in [0.3, 0.4) is 0 Å². The minimum atomic E-state index is -0.520. The van der Waals surface area contributed by atoms with E-state index in [1.165, 1.54) is 6.92 Å². The highest BCUT2D eigenvalue weighted by Gasteiger charge is 2.26. The van der Waals surface area contributed by atoms with Crippen molar-refractivity contribution < 1.29 is 19.1 Å². The van der Waals surface area contributed by atoms with Gasteiger partial charge in [-0.1, -0.05) is 0 Å². The van der Waals surface area contributed by atoms with Crippen LogP contribution in [0.25, 0.3) is 0 Å². The molecule has 0 saturated carbocycles. The Bertz CT molecular complexity index is 312. The van der Waals surface area contributed by atoms with Crippen molar-refractivity contribution >= 4 is 12.0 Å². The molecule has 6 heteroatoms. The number of amides is 2. The van der Waals surface area contributed by atoms with Crippen LogP contribution in [0.5, 0.6) is 0 Å². The Kier molecular flexibility index (Phi) is 4.95. The van der Waals surface area contributed by atoms with Gasteiger partial charge in [-0.3, -0.25) is 4.79 Å². The lowest BCUT2D eigenvalue weighted by atomic mass is 10.2. The Morgan fingerprint density at radius 1 is 1.44 bits per heavy atom. The Hall–Kier alpha value is -1.30. The van der Waals surface area contributed by atoms with Gasteiger partial charge in [0.05, 0.1) is 19.3 Å². The number of carbonyl (C=O) groups is 2. The maximum absolute atomic E-state index is 11.5. The summed E-state index contributed by atoms with van der Waals surface area (Å²) in [5, 5.41) is 2.66. The molecule has 104 valence electrons. The third-order valence-corrected chi connectivity index (χ3v) is 2.51. The van der Waals surface area contributed by atoms with Gasteiger partial charge < -0.3 is 19.7 Å². The van der Waals surface area contributed by atoms with Gasteiger partial charge in [0, 0.05) is 20.0 Å². The Labute approximate surface area is 108 Å². The van der Waals surface area contributed by atoms with E-state index in [4.69, 9.17) is 9.47 Å². The zero-order valence-corrected chi connectivity index (χ0v) is 11.5. The van der Waals surface area contributed by atoms with Crippen LogP contribution in [-0.2, 0) is 14.3 Å². The van der Waals surface area contributed by atoms with Crippen LogP contribution in [0.1, 0.15) is 27.7 Å². The molecule has 1 saturated heterocycles. The van der Waals surface area contributed by atoms with E-state index in [1.807, 2.05) is 0 Å². The molecule has 1 N–H and O–H groups in total. The van der Waals surface area contributed by atoms with Crippen LogP contribution in [-0.4, -0.2) is 54.8 Å². The molecule has 1 atom stereocenters. The topological polar surface area (TPSA) is 67.9 Å². The van der Waals surface area contributed by atoms with E-state index in [0.29, 0.717) is 26.3 Å². The highest BCUT2D eigenvalue weighted by Crippen LogP contribution is 2.08. The quantitative estimate of drug-likeness (QED) is 0.794. The van der Waals surface area contributed by atoms with Crippen LogP contribution in [0.15, 0.2) is 0 Å². The summed E-state index contributed by atoms with van der Waals surface area (Å²) < 4.78 is 10.4. The average Bonchev–Trinajstić information content (AvgIpc) is 2.24. The van der Waals surface area contributed by atoms with Crippen LogP contribution in [0, 0.1) is 0 Å². The molecule has 6 nitrogen and oxygen atoms in total. The van der Waals surface area contributed by atoms with Gasteiger partial charge in [0.25, 0.3) is 0 Å². The first-order chi connectivity index (χ1) is 8.29. The third-order valence-electron chi connectivity index (χ3n) is 2.51. The first kappa shape index (κ1) is 14.8. The number of alkyl carbamates (subject to hydrolysis) is 1. The lowest BCUT2D eigenvalue weighted by molar-refractivity contribution is -0.137. The summed E-state index contributed by atoms with van der Waals surface area (Å²) in [7, 11) is 0. The molecule has 0 aliphatic carbocycles. The number of carbonyl (C=O) groups excluding carboxylic acids is 2. The number of nitrogens with one attached hydrogen (secondary N) is 1. The molecule has 1 rings (SSSR count). The summed E-state index contributed by atoms with van der Waals surface area (Å²) in [6.45, 7) is 8.82. The van der Waals surface area contributed by atoms with Crippen molar-refractivity contribution in [2.24, 2.45) is 0 Å². The van der Waals surface area contributed by atoms with Crippen molar-refractivity contribution in [1.82, 2.24) is 10.2 Å². The van der Waals surface area contributed by atoms with Gasteiger partial charge in [0.1, 0.15) is 5.60 Å². The van der Waals surface area contributed by atoms with Gasteiger partial charge in [-0.05, 0) is 20.8 Å². The number of ether oxygens (including phenoxy) is 2. The second kappa shape index (κ2) is 6.04. The van der Waals surface area contributed by atoms with E-state index in [2.05, 4.69) is 5.32 Å². The van der Waals surface area contributed by atoms with Gasteiger partial charge in [-0.25, -0.2) is 4.79 Å². The zero-order chi connectivity index (χ0) is 13.8. The van der Waals surface area contributed by atoms with Crippen molar-refractivity contribution in [3.63, 3.8) is 0 Å². The highest BCUT2D eigenvalue weighted by atomic mass is 16.6. The first-order valence-corrected chi connectivity index (χ1v) is 6.11. The molecule has 1 fully saturated rings. The summed E-state index contributed by atoms with van der Waals surface area (Å²) in [6, 6.07) is -0.122. The fraction of sp³-hybridized carbons (Fsp3) is 0.833. The van der Waals surface area contributed by atoms with Gasteiger partial charge in [-0.2, -0.15) is 0 Å². The maximum atomic E-state index is 11.5. The van der Waals surface area contributed by atoms with Crippen molar-refractivity contribution in [2.45, 2.75) is 39.3 Å². The second-order valence-corrected chi connectivity index (χ2v) is 5.32. The van der Waals surface area contributed by atoms with Crippen LogP contribution < -0.4 is 5.32 Å². The molecule has 18 heavy (non-hydrogen) atoms. The lowest BCUT2D eigenvalue weighted by Crippen LogP contribution is -2.53. The van der Waals surface area contributed by atoms with Crippen molar-refractivity contribution in [3.05, 3.63) is 0 Å². The number of nitrogens with zero attached hydrogens (tertiary/aromatic N) is 1. The van der Waals surface area contributed by atoms with E-state index in [0.717, 1.165) is 0 Å².